The highest BCUT2D eigenvalue weighted by Gasteiger charge is 2.17. The lowest BCUT2D eigenvalue weighted by molar-refractivity contribution is 0.323. The highest BCUT2D eigenvalue weighted by atomic mass is 32.2. The minimum Gasteiger partial charge on any atom is -0.338 e. The summed E-state index contributed by atoms with van der Waals surface area (Å²) in [5.41, 5.74) is 5.90. The second-order valence-corrected chi connectivity index (χ2v) is 5.74. The molecule has 1 heterocycles. The van der Waals surface area contributed by atoms with Crippen molar-refractivity contribution in [3.63, 3.8) is 0 Å². The third kappa shape index (κ3) is 3.83. The molecule has 0 spiro atoms. The lowest BCUT2D eigenvalue weighted by atomic mass is 10.1. The van der Waals surface area contributed by atoms with Crippen LogP contribution in [0.4, 0.5) is 0 Å². The van der Waals surface area contributed by atoms with E-state index in [1.165, 1.54) is 0 Å². The standard InChI is InChI=1S/C10H19N3OS/c1-6(2)9(11)10-12-8(13-14-10)5-15-7(3)4/h6-7,9H,5,11H2,1-4H3/t9-/m0/s1. The molecule has 0 aliphatic carbocycles. The molecule has 4 nitrogen and oxygen atoms in total. The maximum Gasteiger partial charge on any atom is 0.243 e. The quantitative estimate of drug-likeness (QED) is 0.839. The first-order valence-corrected chi connectivity index (χ1v) is 6.25. The van der Waals surface area contributed by atoms with Crippen LogP contribution in [0.3, 0.4) is 0 Å². The Bertz CT molecular complexity index is 299. The molecule has 1 aromatic heterocycles. The molecule has 0 aromatic carbocycles. The van der Waals surface area contributed by atoms with Crippen molar-refractivity contribution < 1.29 is 4.52 Å². The number of rotatable bonds is 5. The van der Waals surface area contributed by atoms with Crippen molar-refractivity contribution >= 4 is 11.8 Å². The van der Waals surface area contributed by atoms with Gasteiger partial charge in [-0.05, 0) is 11.2 Å². The van der Waals surface area contributed by atoms with Gasteiger partial charge < -0.3 is 10.3 Å². The fourth-order valence-electron chi connectivity index (χ4n) is 0.988. The molecule has 0 radical (unpaired) electrons. The summed E-state index contributed by atoms with van der Waals surface area (Å²) in [5, 5.41) is 4.48. The largest absolute Gasteiger partial charge is 0.338 e. The second kappa shape index (κ2) is 5.51. The Kier molecular flexibility index (Phi) is 4.60. The number of aromatic nitrogens is 2. The Balaban J connectivity index is 2.56. The van der Waals surface area contributed by atoms with Gasteiger partial charge in [0.15, 0.2) is 5.82 Å². The highest BCUT2D eigenvalue weighted by Crippen LogP contribution is 2.19. The number of nitrogens with zero attached hydrogens (tertiary/aromatic N) is 2. The van der Waals surface area contributed by atoms with Gasteiger partial charge in [0.25, 0.3) is 0 Å². The van der Waals surface area contributed by atoms with Crippen molar-refractivity contribution in [3.05, 3.63) is 11.7 Å². The predicted molar refractivity (Wildman–Crippen MR) is 62.5 cm³/mol. The maximum absolute atomic E-state index is 5.90. The van der Waals surface area contributed by atoms with E-state index in [0.717, 1.165) is 11.6 Å². The first-order chi connectivity index (χ1) is 7.00. The molecule has 2 N–H and O–H groups in total. The lowest BCUT2D eigenvalue weighted by Crippen LogP contribution is -2.17. The first kappa shape index (κ1) is 12.5. The van der Waals surface area contributed by atoms with Crippen molar-refractivity contribution in [1.29, 1.82) is 0 Å². The average molecular weight is 229 g/mol. The van der Waals surface area contributed by atoms with Gasteiger partial charge in [-0.25, -0.2) is 0 Å². The van der Waals surface area contributed by atoms with Gasteiger partial charge in [-0.1, -0.05) is 32.9 Å². The van der Waals surface area contributed by atoms with Gasteiger partial charge in [0, 0.05) is 0 Å². The molecule has 5 heteroatoms. The van der Waals surface area contributed by atoms with Crippen LogP contribution in [0.1, 0.15) is 45.5 Å². The third-order valence-corrected chi connectivity index (χ3v) is 3.12. The first-order valence-electron chi connectivity index (χ1n) is 5.20. The van der Waals surface area contributed by atoms with E-state index in [0.29, 0.717) is 17.1 Å². The Hall–Kier alpha value is -0.550. The molecule has 0 saturated heterocycles. The number of thioether (sulfide) groups is 1. The molecular weight excluding hydrogens is 210 g/mol. The van der Waals surface area contributed by atoms with Crippen LogP contribution in [0.25, 0.3) is 0 Å². The van der Waals surface area contributed by atoms with Crippen molar-refractivity contribution in [2.45, 2.75) is 44.7 Å². The summed E-state index contributed by atoms with van der Waals surface area (Å²) in [6.45, 7) is 8.37. The summed E-state index contributed by atoms with van der Waals surface area (Å²) in [6.07, 6.45) is 0. The highest BCUT2D eigenvalue weighted by molar-refractivity contribution is 7.99. The van der Waals surface area contributed by atoms with Crippen LogP contribution in [0.2, 0.25) is 0 Å². The molecule has 0 aliphatic rings. The second-order valence-electron chi connectivity index (χ2n) is 4.18. The summed E-state index contributed by atoms with van der Waals surface area (Å²) in [7, 11) is 0. The van der Waals surface area contributed by atoms with E-state index in [9.17, 15) is 0 Å². The topological polar surface area (TPSA) is 64.9 Å². The molecule has 0 fully saturated rings. The molecule has 86 valence electrons. The zero-order valence-corrected chi connectivity index (χ0v) is 10.5. The van der Waals surface area contributed by atoms with Gasteiger partial charge in [-0.2, -0.15) is 16.7 Å². The van der Waals surface area contributed by atoms with E-state index in [-0.39, 0.29) is 6.04 Å². The molecule has 1 rings (SSSR count). The SMILES string of the molecule is CC(C)SCc1noc([C@@H](N)C(C)C)n1. The predicted octanol–water partition coefficient (Wildman–Crippen LogP) is 2.37. The molecular formula is C10H19N3OS. The van der Waals surface area contributed by atoms with E-state index in [1.807, 2.05) is 13.8 Å². The molecule has 1 atom stereocenters. The van der Waals surface area contributed by atoms with Crippen LogP contribution >= 0.6 is 11.8 Å². The van der Waals surface area contributed by atoms with Crippen molar-refractivity contribution in [3.8, 4) is 0 Å². The fourth-order valence-corrected chi connectivity index (χ4v) is 1.59. The molecule has 0 saturated carbocycles. The van der Waals surface area contributed by atoms with Gasteiger partial charge in [0.1, 0.15) is 0 Å². The zero-order valence-electron chi connectivity index (χ0n) is 9.73. The number of hydrogen-bond donors (Lipinski definition) is 1. The monoisotopic (exact) mass is 229 g/mol. The van der Waals surface area contributed by atoms with Gasteiger partial charge >= 0.3 is 0 Å². The summed E-state index contributed by atoms with van der Waals surface area (Å²) >= 11 is 1.79. The van der Waals surface area contributed by atoms with Crippen LogP contribution in [0.5, 0.6) is 0 Å². The van der Waals surface area contributed by atoms with Crippen LogP contribution in [0.15, 0.2) is 4.52 Å². The van der Waals surface area contributed by atoms with Gasteiger partial charge in [-0.3, -0.25) is 0 Å². The van der Waals surface area contributed by atoms with E-state index in [2.05, 4.69) is 24.0 Å². The molecule has 1 aromatic rings. The summed E-state index contributed by atoms with van der Waals surface area (Å²) < 4.78 is 5.12. The minimum atomic E-state index is -0.157. The Morgan fingerprint density at radius 1 is 1.33 bits per heavy atom. The number of hydrogen-bond acceptors (Lipinski definition) is 5. The Morgan fingerprint density at radius 3 is 2.53 bits per heavy atom. The van der Waals surface area contributed by atoms with Crippen molar-refractivity contribution in [1.82, 2.24) is 10.1 Å². The molecule has 0 unspecified atom stereocenters. The van der Waals surface area contributed by atoms with E-state index in [1.54, 1.807) is 11.8 Å². The molecule has 0 aliphatic heterocycles. The van der Waals surface area contributed by atoms with Crippen molar-refractivity contribution in [2.75, 3.05) is 0 Å². The van der Waals surface area contributed by atoms with Gasteiger partial charge in [0.05, 0.1) is 11.8 Å². The Morgan fingerprint density at radius 2 is 2.00 bits per heavy atom. The lowest BCUT2D eigenvalue weighted by Gasteiger charge is -2.09. The molecule has 0 bridgehead atoms. The zero-order chi connectivity index (χ0) is 11.4. The van der Waals surface area contributed by atoms with E-state index < -0.39 is 0 Å². The summed E-state index contributed by atoms with van der Waals surface area (Å²) in [6, 6.07) is -0.157. The number of nitrogens with two attached hydrogens (primary N) is 1. The van der Waals surface area contributed by atoms with Gasteiger partial charge in [-0.15, -0.1) is 0 Å². The molecule has 15 heavy (non-hydrogen) atoms. The van der Waals surface area contributed by atoms with E-state index >= 15 is 0 Å². The van der Waals surface area contributed by atoms with Crippen LogP contribution in [-0.4, -0.2) is 15.4 Å². The van der Waals surface area contributed by atoms with Crippen LogP contribution in [0, 0.1) is 5.92 Å². The third-order valence-electron chi connectivity index (χ3n) is 2.03. The minimum absolute atomic E-state index is 0.157. The van der Waals surface area contributed by atoms with Crippen LogP contribution in [-0.2, 0) is 5.75 Å². The summed E-state index contributed by atoms with van der Waals surface area (Å²) in [4.78, 5) is 4.28. The fraction of sp³-hybridized carbons (Fsp3) is 0.800. The van der Waals surface area contributed by atoms with E-state index in [4.69, 9.17) is 10.3 Å². The molecule has 0 amide bonds. The normalized spacial score (nSPS) is 13.8. The smallest absolute Gasteiger partial charge is 0.243 e. The average Bonchev–Trinajstić information content (AvgIpc) is 2.61. The van der Waals surface area contributed by atoms with Gasteiger partial charge in [0.2, 0.25) is 5.89 Å². The van der Waals surface area contributed by atoms with Crippen molar-refractivity contribution in [2.24, 2.45) is 11.7 Å². The summed E-state index contributed by atoms with van der Waals surface area (Å²) in [5.74, 6) is 2.38. The Labute approximate surface area is 95.0 Å². The van der Waals surface area contributed by atoms with Crippen LogP contribution < -0.4 is 5.73 Å². The maximum atomic E-state index is 5.90.